The monoisotopic (exact) mass is 242 g/mol. The summed E-state index contributed by atoms with van der Waals surface area (Å²) in [6.45, 7) is 1.31. The first kappa shape index (κ1) is 11.0. The average molecular weight is 242 g/mol. The molecule has 5 nitrogen and oxygen atoms in total. The van der Waals surface area contributed by atoms with E-state index >= 15 is 0 Å². The Labute approximate surface area is 105 Å². The third-order valence-corrected chi connectivity index (χ3v) is 3.38. The molecular formula is C13H14N4O. The zero-order valence-corrected chi connectivity index (χ0v) is 9.97. The zero-order valence-electron chi connectivity index (χ0n) is 9.97. The lowest BCUT2D eigenvalue weighted by atomic mass is 9.98. The second-order valence-corrected chi connectivity index (χ2v) is 4.87. The highest BCUT2D eigenvalue weighted by molar-refractivity contribution is 5.82. The molecule has 2 fully saturated rings. The predicted octanol–water partition coefficient (Wildman–Crippen LogP) is 0.668. The molecule has 1 aliphatic carbocycles. The molecule has 2 aliphatic rings. The van der Waals surface area contributed by atoms with Gasteiger partial charge < -0.3 is 10.2 Å². The quantitative estimate of drug-likeness (QED) is 0.845. The van der Waals surface area contributed by atoms with Gasteiger partial charge in [0, 0.05) is 25.3 Å². The summed E-state index contributed by atoms with van der Waals surface area (Å²) in [6.07, 6.45) is 3.90. The topological polar surface area (TPSA) is 69.0 Å². The van der Waals surface area contributed by atoms with E-state index in [1.807, 2.05) is 4.90 Å². The first-order valence-electron chi connectivity index (χ1n) is 6.18. The van der Waals surface area contributed by atoms with Crippen molar-refractivity contribution >= 4 is 11.7 Å². The molecule has 18 heavy (non-hydrogen) atoms. The van der Waals surface area contributed by atoms with Crippen LogP contribution in [-0.2, 0) is 4.79 Å². The van der Waals surface area contributed by atoms with E-state index in [1.54, 1.807) is 18.3 Å². The number of anilines is 1. The van der Waals surface area contributed by atoms with Gasteiger partial charge in [0.15, 0.2) is 0 Å². The van der Waals surface area contributed by atoms with Crippen molar-refractivity contribution in [2.24, 2.45) is 5.92 Å². The molecule has 92 valence electrons. The standard InChI is InChI=1S/C13H14N4O/c14-6-9-2-1-5-15-12(9)17-7-10(8-17)13(18)16-11-3-4-11/h1-2,5,10-11H,3-4,7-8H2,(H,16,18). The van der Waals surface area contributed by atoms with Crippen LogP contribution in [0.1, 0.15) is 18.4 Å². The molecule has 1 aliphatic heterocycles. The molecule has 0 unspecified atom stereocenters. The summed E-state index contributed by atoms with van der Waals surface area (Å²) >= 11 is 0. The van der Waals surface area contributed by atoms with Crippen LogP contribution in [0, 0.1) is 17.2 Å². The fourth-order valence-corrected chi connectivity index (χ4v) is 2.10. The average Bonchev–Trinajstić information content (AvgIpc) is 3.11. The Balaban J connectivity index is 1.61. The van der Waals surface area contributed by atoms with E-state index in [0.717, 1.165) is 12.8 Å². The smallest absolute Gasteiger partial charge is 0.226 e. The number of carbonyl (C=O) groups excluding carboxylic acids is 1. The highest BCUT2D eigenvalue weighted by atomic mass is 16.2. The minimum Gasteiger partial charge on any atom is -0.354 e. The Morgan fingerprint density at radius 2 is 2.28 bits per heavy atom. The maximum Gasteiger partial charge on any atom is 0.226 e. The van der Waals surface area contributed by atoms with Gasteiger partial charge in [-0.2, -0.15) is 5.26 Å². The second kappa shape index (κ2) is 4.30. The first-order valence-corrected chi connectivity index (χ1v) is 6.18. The van der Waals surface area contributed by atoms with Gasteiger partial charge in [-0.05, 0) is 25.0 Å². The molecule has 0 spiro atoms. The van der Waals surface area contributed by atoms with Crippen molar-refractivity contribution in [1.82, 2.24) is 10.3 Å². The SMILES string of the molecule is N#Cc1cccnc1N1CC(C(=O)NC2CC2)C1. The zero-order chi connectivity index (χ0) is 12.5. The lowest BCUT2D eigenvalue weighted by Crippen LogP contribution is -2.54. The molecule has 1 aromatic heterocycles. The number of pyridine rings is 1. The number of rotatable bonds is 3. The van der Waals surface area contributed by atoms with Crippen LogP contribution in [0.5, 0.6) is 0 Å². The van der Waals surface area contributed by atoms with Gasteiger partial charge >= 0.3 is 0 Å². The number of nitrogens with one attached hydrogen (secondary N) is 1. The summed E-state index contributed by atoms with van der Waals surface area (Å²) in [7, 11) is 0. The molecule has 1 saturated heterocycles. The number of carbonyl (C=O) groups is 1. The Bertz CT molecular complexity index is 512. The Morgan fingerprint density at radius 3 is 2.94 bits per heavy atom. The number of amides is 1. The van der Waals surface area contributed by atoms with Gasteiger partial charge in [0.1, 0.15) is 11.9 Å². The Morgan fingerprint density at radius 1 is 1.50 bits per heavy atom. The van der Waals surface area contributed by atoms with Crippen LogP contribution in [0.15, 0.2) is 18.3 Å². The van der Waals surface area contributed by atoms with Crippen LogP contribution in [0.25, 0.3) is 0 Å². The summed E-state index contributed by atoms with van der Waals surface area (Å²) < 4.78 is 0. The third kappa shape index (κ3) is 2.02. The summed E-state index contributed by atoms with van der Waals surface area (Å²) in [5.74, 6) is 0.873. The van der Waals surface area contributed by atoms with E-state index in [4.69, 9.17) is 5.26 Å². The van der Waals surface area contributed by atoms with Crippen LogP contribution in [0.3, 0.4) is 0 Å². The van der Waals surface area contributed by atoms with E-state index in [-0.39, 0.29) is 11.8 Å². The van der Waals surface area contributed by atoms with Crippen molar-refractivity contribution < 1.29 is 4.79 Å². The summed E-state index contributed by atoms with van der Waals surface area (Å²) in [5, 5.41) is 12.0. The van der Waals surface area contributed by atoms with E-state index in [2.05, 4.69) is 16.4 Å². The molecule has 0 bridgehead atoms. The van der Waals surface area contributed by atoms with E-state index in [9.17, 15) is 4.79 Å². The normalized spacial score (nSPS) is 18.9. The van der Waals surface area contributed by atoms with Crippen LogP contribution in [0.4, 0.5) is 5.82 Å². The van der Waals surface area contributed by atoms with Crippen molar-refractivity contribution in [2.75, 3.05) is 18.0 Å². The van der Waals surface area contributed by atoms with Crippen LogP contribution in [0.2, 0.25) is 0 Å². The van der Waals surface area contributed by atoms with Gasteiger partial charge in [-0.15, -0.1) is 0 Å². The molecule has 5 heteroatoms. The molecule has 1 aromatic rings. The number of hydrogen-bond acceptors (Lipinski definition) is 4. The molecule has 3 rings (SSSR count). The van der Waals surface area contributed by atoms with E-state index in [1.165, 1.54) is 0 Å². The van der Waals surface area contributed by atoms with Gasteiger partial charge in [-0.3, -0.25) is 4.79 Å². The Hall–Kier alpha value is -2.09. The highest BCUT2D eigenvalue weighted by Gasteiger charge is 2.36. The van der Waals surface area contributed by atoms with Gasteiger partial charge in [-0.1, -0.05) is 0 Å². The minimum absolute atomic E-state index is 0.0409. The summed E-state index contributed by atoms with van der Waals surface area (Å²) in [5.41, 5.74) is 0.568. The fourth-order valence-electron chi connectivity index (χ4n) is 2.10. The van der Waals surface area contributed by atoms with Crippen molar-refractivity contribution in [1.29, 1.82) is 5.26 Å². The van der Waals surface area contributed by atoms with Gasteiger partial charge in [0.2, 0.25) is 5.91 Å². The molecular weight excluding hydrogens is 228 g/mol. The summed E-state index contributed by atoms with van der Waals surface area (Å²) in [4.78, 5) is 18.0. The molecule has 0 aromatic carbocycles. The molecule has 1 N–H and O–H groups in total. The molecule has 1 amide bonds. The summed E-state index contributed by atoms with van der Waals surface area (Å²) in [6, 6.07) is 6.04. The number of hydrogen-bond donors (Lipinski definition) is 1. The number of aromatic nitrogens is 1. The van der Waals surface area contributed by atoms with Crippen LogP contribution >= 0.6 is 0 Å². The van der Waals surface area contributed by atoms with Crippen molar-refractivity contribution in [3.8, 4) is 6.07 Å². The highest BCUT2D eigenvalue weighted by Crippen LogP contribution is 2.26. The van der Waals surface area contributed by atoms with E-state index < -0.39 is 0 Å². The largest absolute Gasteiger partial charge is 0.354 e. The van der Waals surface area contributed by atoms with E-state index in [0.29, 0.717) is 30.5 Å². The Kier molecular flexibility index (Phi) is 2.63. The molecule has 1 saturated carbocycles. The van der Waals surface area contributed by atoms with Gasteiger partial charge in [0.05, 0.1) is 11.5 Å². The second-order valence-electron chi connectivity index (χ2n) is 4.87. The van der Waals surface area contributed by atoms with Crippen molar-refractivity contribution in [2.45, 2.75) is 18.9 Å². The maximum atomic E-state index is 11.8. The predicted molar refractivity (Wildman–Crippen MR) is 65.8 cm³/mol. The van der Waals surface area contributed by atoms with Crippen LogP contribution < -0.4 is 10.2 Å². The van der Waals surface area contributed by atoms with Crippen molar-refractivity contribution in [3.63, 3.8) is 0 Å². The van der Waals surface area contributed by atoms with Crippen molar-refractivity contribution in [3.05, 3.63) is 23.9 Å². The molecule has 0 atom stereocenters. The van der Waals surface area contributed by atoms with Gasteiger partial charge in [0.25, 0.3) is 0 Å². The third-order valence-electron chi connectivity index (χ3n) is 3.38. The minimum atomic E-state index is 0.0409. The molecule has 2 heterocycles. The number of nitrogens with zero attached hydrogens (tertiary/aromatic N) is 3. The van der Waals surface area contributed by atoms with Gasteiger partial charge in [-0.25, -0.2) is 4.98 Å². The molecule has 0 radical (unpaired) electrons. The lowest BCUT2D eigenvalue weighted by molar-refractivity contribution is -0.125. The first-order chi connectivity index (χ1) is 8.78. The lowest BCUT2D eigenvalue weighted by Gasteiger charge is -2.39. The maximum absolute atomic E-state index is 11.8. The fraction of sp³-hybridized carbons (Fsp3) is 0.462. The number of nitriles is 1. The van der Waals surface area contributed by atoms with Crippen LogP contribution in [-0.4, -0.2) is 30.0 Å².